The molecule has 6 nitrogen and oxygen atoms in total. The van der Waals surface area contributed by atoms with Crippen LogP contribution in [0.2, 0.25) is 0 Å². The van der Waals surface area contributed by atoms with E-state index >= 15 is 0 Å². The number of methoxy groups -OCH3 is 1. The molecule has 0 spiro atoms. The van der Waals surface area contributed by atoms with Gasteiger partial charge < -0.3 is 19.9 Å². The van der Waals surface area contributed by atoms with E-state index in [4.69, 9.17) is 4.74 Å². The zero-order valence-corrected chi connectivity index (χ0v) is 12.3. The minimum atomic E-state index is -0.604. The molecule has 1 amide bonds. The summed E-state index contributed by atoms with van der Waals surface area (Å²) in [5, 5.41) is 12.2. The van der Waals surface area contributed by atoms with E-state index in [1.165, 1.54) is 7.11 Å². The molecule has 1 aromatic carbocycles. The fraction of sp³-hybridized carbons (Fsp3) is 0.375. The Bertz CT molecular complexity index is 543. The van der Waals surface area contributed by atoms with Gasteiger partial charge in [-0.15, -0.1) is 0 Å². The SMILES string of the molecule is COC(=O)C[C@@H]1C=C[C@@H](NC(=O)c2ccccc2)[C@@H](CO)O1. The lowest BCUT2D eigenvalue weighted by atomic mass is 10.0. The van der Waals surface area contributed by atoms with Gasteiger partial charge in [-0.2, -0.15) is 0 Å². The normalized spacial score (nSPS) is 23.8. The highest BCUT2D eigenvalue weighted by atomic mass is 16.5. The highest BCUT2D eigenvalue weighted by Gasteiger charge is 2.29. The summed E-state index contributed by atoms with van der Waals surface area (Å²) in [7, 11) is 1.31. The van der Waals surface area contributed by atoms with Crippen LogP contribution in [-0.2, 0) is 14.3 Å². The Balaban J connectivity index is 2.00. The second-order valence-electron chi connectivity index (χ2n) is 4.93. The lowest BCUT2D eigenvalue weighted by molar-refractivity contribution is -0.144. The predicted molar refractivity (Wildman–Crippen MR) is 79.2 cm³/mol. The van der Waals surface area contributed by atoms with Crippen LogP contribution in [0.25, 0.3) is 0 Å². The number of aliphatic hydroxyl groups excluding tert-OH is 1. The number of benzene rings is 1. The molecule has 3 atom stereocenters. The summed E-state index contributed by atoms with van der Waals surface area (Å²) in [6.07, 6.45) is 2.43. The first-order valence-corrected chi connectivity index (χ1v) is 7.01. The maximum atomic E-state index is 12.1. The Morgan fingerprint density at radius 2 is 2.00 bits per heavy atom. The maximum absolute atomic E-state index is 12.1. The van der Waals surface area contributed by atoms with Crippen molar-refractivity contribution in [1.82, 2.24) is 5.32 Å². The van der Waals surface area contributed by atoms with Crippen LogP contribution in [-0.4, -0.2) is 48.9 Å². The molecule has 1 heterocycles. The molecule has 6 heteroatoms. The zero-order chi connectivity index (χ0) is 15.9. The van der Waals surface area contributed by atoms with Gasteiger partial charge in [-0.3, -0.25) is 9.59 Å². The molecule has 0 fully saturated rings. The van der Waals surface area contributed by atoms with Crippen LogP contribution in [0.1, 0.15) is 16.8 Å². The number of hydrogen-bond acceptors (Lipinski definition) is 5. The van der Waals surface area contributed by atoms with Gasteiger partial charge in [0.1, 0.15) is 6.10 Å². The molecule has 1 aliphatic heterocycles. The largest absolute Gasteiger partial charge is 0.469 e. The predicted octanol–water partition coefficient (Wildman–Crippen LogP) is 0.664. The van der Waals surface area contributed by atoms with Crippen LogP contribution in [0.3, 0.4) is 0 Å². The first-order valence-electron chi connectivity index (χ1n) is 7.01. The summed E-state index contributed by atoms with van der Waals surface area (Å²) in [5.41, 5.74) is 0.532. The molecule has 0 aromatic heterocycles. The lowest BCUT2D eigenvalue weighted by Gasteiger charge is -2.31. The third-order valence-corrected chi connectivity index (χ3v) is 3.39. The molecule has 0 aliphatic carbocycles. The van der Waals surface area contributed by atoms with Gasteiger partial charge >= 0.3 is 5.97 Å². The molecule has 0 bridgehead atoms. The molecule has 0 saturated carbocycles. The Morgan fingerprint density at radius 3 is 2.64 bits per heavy atom. The van der Waals surface area contributed by atoms with Crippen molar-refractivity contribution in [3.63, 3.8) is 0 Å². The van der Waals surface area contributed by atoms with Gasteiger partial charge in [-0.05, 0) is 12.1 Å². The molecule has 2 rings (SSSR count). The first kappa shape index (κ1) is 16.2. The summed E-state index contributed by atoms with van der Waals surface area (Å²) >= 11 is 0. The number of aliphatic hydroxyl groups is 1. The van der Waals surface area contributed by atoms with E-state index in [1.807, 2.05) is 6.07 Å². The van der Waals surface area contributed by atoms with Crippen LogP contribution in [0.15, 0.2) is 42.5 Å². The van der Waals surface area contributed by atoms with Crippen molar-refractivity contribution >= 4 is 11.9 Å². The summed E-state index contributed by atoms with van der Waals surface area (Å²) in [4.78, 5) is 23.4. The number of esters is 1. The second kappa shape index (κ2) is 7.72. The van der Waals surface area contributed by atoms with Crippen molar-refractivity contribution < 1.29 is 24.2 Å². The van der Waals surface area contributed by atoms with Crippen LogP contribution in [0.4, 0.5) is 0 Å². The van der Waals surface area contributed by atoms with Gasteiger partial charge in [-0.25, -0.2) is 0 Å². The number of hydrogen-bond donors (Lipinski definition) is 2. The number of ether oxygens (including phenoxy) is 2. The van der Waals surface area contributed by atoms with Crippen LogP contribution < -0.4 is 5.32 Å². The number of rotatable bonds is 5. The van der Waals surface area contributed by atoms with Crippen LogP contribution >= 0.6 is 0 Å². The molecule has 1 aliphatic rings. The third kappa shape index (κ3) is 4.16. The number of carbonyl (C=O) groups excluding carboxylic acids is 2. The standard InChI is InChI=1S/C16H19NO5/c1-21-15(19)9-12-7-8-13(14(10-18)22-12)17-16(20)11-5-3-2-4-6-11/h2-8,12-14,18H,9-10H2,1H3,(H,17,20)/t12-,13+,14+/m0/s1. The molecule has 1 aromatic rings. The quantitative estimate of drug-likeness (QED) is 0.617. The van der Waals surface area contributed by atoms with E-state index in [1.54, 1.807) is 36.4 Å². The molecule has 0 saturated heterocycles. The fourth-order valence-electron chi connectivity index (χ4n) is 2.21. The van der Waals surface area contributed by atoms with E-state index < -0.39 is 24.2 Å². The lowest BCUT2D eigenvalue weighted by Crippen LogP contribution is -2.48. The smallest absolute Gasteiger partial charge is 0.308 e. The molecular weight excluding hydrogens is 286 g/mol. The van der Waals surface area contributed by atoms with Gasteiger partial charge in [0.15, 0.2) is 0 Å². The minimum Gasteiger partial charge on any atom is -0.469 e. The van der Waals surface area contributed by atoms with Crippen molar-refractivity contribution in [1.29, 1.82) is 0 Å². The molecule has 118 valence electrons. The fourth-order valence-corrected chi connectivity index (χ4v) is 2.21. The summed E-state index contributed by atoms with van der Waals surface area (Å²) in [5.74, 6) is -0.637. The van der Waals surface area contributed by atoms with Crippen molar-refractivity contribution in [3.8, 4) is 0 Å². The van der Waals surface area contributed by atoms with Crippen molar-refractivity contribution in [2.24, 2.45) is 0 Å². The van der Waals surface area contributed by atoms with E-state index in [9.17, 15) is 14.7 Å². The molecular formula is C16H19NO5. The summed E-state index contributed by atoms with van der Waals surface area (Å²) in [6, 6.07) is 8.34. The molecule has 0 radical (unpaired) electrons. The Kier molecular flexibility index (Phi) is 5.68. The Labute approximate surface area is 128 Å². The number of amides is 1. The molecule has 0 unspecified atom stereocenters. The van der Waals surface area contributed by atoms with Gasteiger partial charge in [0, 0.05) is 5.56 Å². The molecule has 2 N–H and O–H groups in total. The van der Waals surface area contributed by atoms with Gasteiger partial charge in [0.05, 0.1) is 32.3 Å². The average molecular weight is 305 g/mol. The average Bonchev–Trinajstić information content (AvgIpc) is 2.56. The van der Waals surface area contributed by atoms with Gasteiger partial charge in [0.2, 0.25) is 0 Å². The molecule has 22 heavy (non-hydrogen) atoms. The highest BCUT2D eigenvalue weighted by molar-refractivity contribution is 5.94. The van der Waals surface area contributed by atoms with Gasteiger partial charge in [0.25, 0.3) is 5.91 Å². The second-order valence-corrected chi connectivity index (χ2v) is 4.93. The highest BCUT2D eigenvalue weighted by Crippen LogP contribution is 2.16. The minimum absolute atomic E-state index is 0.0723. The summed E-state index contributed by atoms with van der Waals surface area (Å²) in [6.45, 7) is -0.262. The van der Waals surface area contributed by atoms with E-state index in [0.29, 0.717) is 5.56 Å². The van der Waals surface area contributed by atoms with Crippen molar-refractivity contribution in [2.45, 2.75) is 24.7 Å². The summed E-state index contributed by atoms with van der Waals surface area (Å²) < 4.78 is 10.2. The Morgan fingerprint density at radius 1 is 1.27 bits per heavy atom. The topological polar surface area (TPSA) is 84.9 Å². The van der Waals surface area contributed by atoms with E-state index in [-0.39, 0.29) is 18.9 Å². The third-order valence-electron chi connectivity index (χ3n) is 3.39. The van der Waals surface area contributed by atoms with Crippen LogP contribution in [0.5, 0.6) is 0 Å². The van der Waals surface area contributed by atoms with E-state index in [2.05, 4.69) is 10.1 Å². The van der Waals surface area contributed by atoms with E-state index in [0.717, 1.165) is 0 Å². The van der Waals surface area contributed by atoms with Gasteiger partial charge in [-0.1, -0.05) is 30.4 Å². The number of carbonyl (C=O) groups is 2. The zero-order valence-electron chi connectivity index (χ0n) is 12.3. The van der Waals surface area contributed by atoms with Crippen molar-refractivity contribution in [2.75, 3.05) is 13.7 Å². The maximum Gasteiger partial charge on any atom is 0.308 e. The monoisotopic (exact) mass is 305 g/mol. The first-order chi connectivity index (χ1) is 10.6. The van der Waals surface area contributed by atoms with Crippen LogP contribution in [0, 0.1) is 0 Å². The number of nitrogens with one attached hydrogen (secondary N) is 1. The van der Waals surface area contributed by atoms with Crippen molar-refractivity contribution in [3.05, 3.63) is 48.0 Å². The Hall–Kier alpha value is -2.18.